The molecule has 45 heavy (non-hydrogen) atoms. The third kappa shape index (κ3) is 11.3. The van der Waals surface area contributed by atoms with Crippen molar-refractivity contribution in [2.45, 2.75) is 25.4 Å². The standard InChI is InChI=1S/C16H14Br2FNO3.C16H15Br2NO3/c1-22-16(21)14(19)8-9-6-12(17)15(13(18)7-9)23-11-4-2-10(20)3-5-11;1-21-15(20)7-2-10-8-13(17)16(14(18)9-10)22-12-5-3-11(19)4-6-12/h2-7,14H,8,20H2,1H3;3-6,8-9H,2,7,19H2,1H3. The van der Waals surface area contributed by atoms with Crippen LogP contribution >= 0.6 is 63.7 Å². The van der Waals surface area contributed by atoms with Gasteiger partial charge in [-0.2, -0.15) is 0 Å². The zero-order chi connectivity index (χ0) is 33.1. The predicted octanol–water partition coefficient (Wildman–Crippen LogP) is 9.33. The molecule has 0 aliphatic rings. The van der Waals surface area contributed by atoms with Crippen LogP contribution in [0.1, 0.15) is 17.5 Å². The second-order valence-electron chi connectivity index (χ2n) is 9.39. The van der Waals surface area contributed by atoms with E-state index in [1.165, 1.54) is 7.11 Å². The van der Waals surface area contributed by atoms with Crippen LogP contribution in [-0.4, -0.2) is 32.3 Å². The molecule has 4 rings (SSSR count). The highest BCUT2D eigenvalue weighted by atomic mass is 79.9. The van der Waals surface area contributed by atoms with E-state index in [4.69, 9.17) is 20.9 Å². The van der Waals surface area contributed by atoms with Gasteiger partial charge in [0.1, 0.15) is 11.5 Å². The third-order valence-corrected chi connectivity index (χ3v) is 8.39. The SMILES string of the molecule is COC(=O)C(F)Cc1cc(Br)c(Oc2ccc(N)cc2)c(Br)c1.COC(=O)CCc1cc(Br)c(Oc2ccc(N)cc2)c(Br)c1. The maximum atomic E-state index is 13.7. The smallest absolute Gasteiger partial charge is 0.340 e. The summed E-state index contributed by atoms with van der Waals surface area (Å²) in [5.41, 5.74) is 14.3. The zero-order valence-electron chi connectivity index (χ0n) is 24.1. The van der Waals surface area contributed by atoms with E-state index >= 15 is 0 Å². The maximum absolute atomic E-state index is 13.7. The largest absolute Gasteiger partial charge is 0.469 e. The Balaban J connectivity index is 0.000000246. The van der Waals surface area contributed by atoms with Crippen molar-refractivity contribution in [3.8, 4) is 23.0 Å². The second-order valence-corrected chi connectivity index (χ2v) is 12.8. The van der Waals surface area contributed by atoms with E-state index in [9.17, 15) is 14.0 Å². The highest BCUT2D eigenvalue weighted by Gasteiger charge is 2.20. The molecule has 0 amide bonds. The number of methoxy groups -OCH3 is 2. The van der Waals surface area contributed by atoms with Gasteiger partial charge in [0.05, 0.1) is 32.1 Å². The minimum absolute atomic E-state index is 0.0774. The molecule has 1 atom stereocenters. The molecule has 0 aliphatic heterocycles. The fraction of sp³-hybridized carbons (Fsp3) is 0.188. The molecule has 0 heterocycles. The summed E-state index contributed by atoms with van der Waals surface area (Å²) < 4.78 is 37.2. The van der Waals surface area contributed by atoms with Gasteiger partial charge < -0.3 is 30.4 Å². The number of anilines is 2. The summed E-state index contributed by atoms with van der Waals surface area (Å²) in [6.45, 7) is 0. The van der Waals surface area contributed by atoms with Crippen LogP contribution in [0.25, 0.3) is 0 Å². The van der Waals surface area contributed by atoms with Crippen molar-refractivity contribution in [3.05, 3.63) is 102 Å². The molecule has 4 N–H and O–H groups in total. The summed E-state index contributed by atoms with van der Waals surface area (Å²) >= 11 is 13.8. The Hall–Kier alpha value is -3.13. The summed E-state index contributed by atoms with van der Waals surface area (Å²) in [4.78, 5) is 22.4. The highest BCUT2D eigenvalue weighted by Crippen LogP contribution is 2.39. The van der Waals surface area contributed by atoms with Gasteiger partial charge in [-0.1, -0.05) is 0 Å². The minimum atomic E-state index is -1.71. The topological polar surface area (TPSA) is 123 Å². The molecule has 0 saturated heterocycles. The van der Waals surface area contributed by atoms with E-state index in [0.717, 1.165) is 21.6 Å². The van der Waals surface area contributed by atoms with Crippen LogP contribution in [0.4, 0.5) is 15.8 Å². The van der Waals surface area contributed by atoms with E-state index in [2.05, 4.69) is 73.2 Å². The molecule has 0 saturated carbocycles. The Morgan fingerprint density at radius 2 is 1.09 bits per heavy atom. The molecular formula is C32H29Br4FN2O6. The summed E-state index contributed by atoms with van der Waals surface area (Å²) in [5.74, 6) is 1.41. The lowest BCUT2D eigenvalue weighted by molar-refractivity contribution is -0.146. The molecule has 4 aromatic rings. The Morgan fingerprint density at radius 1 is 0.689 bits per heavy atom. The van der Waals surface area contributed by atoms with Crippen LogP contribution in [0.15, 0.2) is 90.7 Å². The van der Waals surface area contributed by atoms with E-state index in [0.29, 0.717) is 61.7 Å². The molecule has 0 aromatic heterocycles. The van der Waals surface area contributed by atoms with E-state index < -0.39 is 12.1 Å². The van der Waals surface area contributed by atoms with Crippen LogP contribution in [0.2, 0.25) is 0 Å². The van der Waals surface area contributed by atoms with Crippen molar-refractivity contribution in [3.63, 3.8) is 0 Å². The predicted molar refractivity (Wildman–Crippen MR) is 186 cm³/mol. The number of esters is 2. The fourth-order valence-electron chi connectivity index (χ4n) is 3.76. The summed E-state index contributed by atoms with van der Waals surface area (Å²) in [7, 11) is 2.54. The number of hydrogen-bond donors (Lipinski definition) is 2. The van der Waals surface area contributed by atoms with Gasteiger partial charge in [0.15, 0.2) is 11.5 Å². The molecule has 0 radical (unpaired) electrons. The molecule has 0 bridgehead atoms. The molecule has 4 aromatic carbocycles. The molecule has 8 nitrogen and oxygen atoms in total. The first-order valence-electron chi connectivity index (χ1n) is 13.2. The first-order chi connectivity index (χ1) is 21.4. The van der Waals surface area contributed by atoms with Crippen LogP contribution in [-0.2, 0) is 31.9 Å². The number of carbonyl (C=O) groups is 2. The zero-order valence-corrected chi connectivity index (χ0v) is 30.5. The van der Waals surface area contributed by atoms with E-state index in [1.54, 1.807) is 60.7 Å². The summed E-state index contributed by atoms with van der Waals surface area (Å²) in [6.07, 6.45) is -0.839. The molecule has 1 unspecified atom stereocenters. The van der Waals surface area contributed by atoms with Crippen LogP contribution in [0, 0.1) is 0 Å². The van der Waals surface area contributed by atoms with Gasteiger partial charge in [-0.15, -0.1) is 0 Å². The van der Waals surface area contributed by atoms with Gasteiger partial charge in [0.25, 0.3) is 0 Å². The van der Waals surface area contributed by atoms with Crippen LogP contribution < -0.4 is 20.9 Å². The summed E-state index contributed by atoms with van der Waals surface area (Å²) in [6, 6.07) is 21.4. The first kappa shape index (κ1) is 36.3. The molecule has 238 valence electrons. The van der Waals surface area contributed by atoms with Gasteiger partial charge >= 0.3 is 11.9 Å². The van der Waals surface area contributed by atoms with E-state index in [-0.39, 0.29) is 12.4 Å². The average Bonchev–Trinajstić information content (AvgIpc) is 3.01. The Labute approximate surface area is 294 Å². The number of alkyl halides is 1. The van der Waals surface area contributed by atoms with Gasteiger partial charge in [-0.25, -0.2) is 9.18 Å². The Morgan fingerprint density at radius 3 is 1.47 bits per heavy atom. The number of aryl methyl sites for hydroxylation is 1. The Kier molecular flexibility index (Phi) is 14.2. The molecular weight excluding hydrogens is 847 g/mol. The maximum Gasteiger partial charge on any atom is 0.340 e. The number of benzene rings is 4. The summed E-state index contributed by atoms with van der Waals surface area (Å²) in [5, 5.41) is 0. The van der Waals surface area contributed by atoms with Crippen molar-refractivity contribution >= 4 is 87.0 Å². The van der Waals surface area contributed by atoms with Crippen LogP contribution in [0.5, 0.6) is 23.0 Å². The minimum Gasteiger partial charge on any atom is -0.469 e. The lowest BCUT2D eigenvalue weighted by Gasteiger charge is -2.13. The lowest BCUT2D eigenvalue weighted by Crippen LogP contribution is -2.19. The van der Waals surface area contributed by atoms with Crippen molar-refractivity contribution in [1.82, 2.24) is 0 Å². The number of rotatable bonds is 10. The quantitative estimate of drug-likeness (QED) is 0.119. The van der Waals surface area contributed by atoms with Gasteiger partial charge in [0.2, 0.25) is 6.17 Å². The number of ether oxygens (including phenoxy) is 4. The molecule has 0 aliphatic carbocycles. The van der Waals surface area contributed by atoms with Crippen molar-refractivity contribution < 1.29 is 32.9 Å². The lowest BCUT2D eigenvalue weighted by atomic mass is 10.1. The van der Waals surface area contributed by atoms with Gasteiger partial charge in [0, 0.05) is 24.2 Å². The normalized spacial score (nSPS) is 11.1. The van der Waals surface area contributed by atoms with Crippen molar-refractivity contribution in [1.29, 1.82) is 0 Å². The number of halogens is 5. The fourth-order valence-corrected chi connectivity index (χ4v) is 6.64. The number of hydrogen-bond acceptors (Lipinski definition) is 8. The van der Waals surface area contributed by atoms with Crippen molar-refractivity contribution in [2.75, 3.05) is 25.7 Å². The monoisotopic (exact) mass is 872 g/mol. The van der Waals surface area contributed by atoms with Gasteiger partial charge in [-0.05, 0) is 154 Å². The van der Waals surface area contributed by atoms with E-state index in [1.807, 2.05) is 12.1 Å². The van der Waals surface area contributed by atoms with Crippen LogP contribution in [0.3, 0.4) is 0 Å². The first-order valence-corrected chi connectivity index (χ1v) is 16.4. The van der Waals surface area contributed by atoms with Crippen molar-refractivity contribution in [2.24, 2.45) is 0 Å². The number of nitrogens with two attached hydrogens (primary N) is 2. The molecule has 13 heteroatoms. The highest BCUT2D eigenvalue weighted by molar-refractivity contribution is 9.11. The van der Waals surface area contributed by atoms with Gasteiger partial charge in [-0.3, -0.25) is 4.79 Å². The third-order valence-electron chi connectivity index (χ3n) is 6.03. The number of nitrogen functional groups attached to an aromatic ring is 2. The number of carbonyl (C=O) groups excluding carboxylic acids is 2. The molecule has 0 spiro atoms. The second kappa shape index (κ2) is 17.5. The average molecular weight is 876 g/mol. The Bertz CT molecular complexity index is 1580. The molecule has 0 fully saturated rings.